The molecule has 2 aliphatic heterocycles. The second-order valence-corrected chi connectivity index (χ2v) is 7.48. The average molecular weight is 330 g/mol. The number of piperidine rings is 1. The molecule has 2 saturated heterocycles. The molecule has 6 heteroatoms. The van der Waals surface area contributed by atoms with Crippen molar-refractivity contribution in [1.82, 2.24) is 19.4 Å². The van der Waals surface area contributed by atoms with Gasteiger partial charge in [-0.3, -0.25) is 9.59 Å². The molecular formula is C18H26N4O2. The third-order valence-electron chi connectivity index (χ3n) is 5.93. The lowest BCUT2D eigenvalue weighted by Gasteiger charge is -2.35. The molecule has 0 N–H and O–H groups in total. The summed E-state index contributed by atoms with van der Waals surface area (Å²) >= 11 is 0. The molecule has 3 heterocycles. The predicted molar refractivity (Wildman–Crippen MR) is 89.2 cm³/mol. The number of hydrogen-bond acceptors (Lipinski definition) is 3. The Morgan fingerprint density at radius 3 is 2.62 bits per heavy atom. The van der Waals surface area contributed by atoms with Gasteiger partial charge in [-0.15, -0.1) is 0 Å². The van der Waals surface area contributed by atoms with Crippen molar-refractivity contribution in [3.63, 3.8) is 0 Å². The molecule has 130 valence electrons. The zero-order chi connectivity index (χ0) is 16.5. The summed E-state index contributed by atoms with van der Waals surface area (Å²) in [7, 11) is 0. The van der Waals surface area contributed by atoms with Crippen LogP contribution in [-0.4, -0.2) is 56.8 Å². The summed E-state index contributed by atoms with van der Waals surface area (Å²) in [6, 6.07) is 0.698. The van der Waals surface area contributed by atoms with Crippen LogP contribution in [0.2, 0.25) is 0 Å². The molecule has 0 unspecified atom stereocenters. The van der Waals surface area contributed by atoms with E-state index >= 15 is 0 Å². The van der Waals surface area contributed by atoms with Gasteiger partial charge < -0.3 is 14.4 Å². The van der Waals surface area contributed by atoms with Crippen molar-refractivity contribution in [3.8, 4) is 0 Å². The summed E-state index contributed by atoms with van der Waals surface area (Å²) in [6.07, 6.45) is 12.7. The van der Waals surface area contributed by atoms with Crippen LogP contribution in [0, 0.1) is 5.92 Å². The van der Waals surface area contributed by atoms with Crippen LogP contribution in [0.15, 0.2) is 18.7 Å². The molecule has 0 bridgehead atoms. The van der Waals surface area contributed by atoms with Gasteiger partial charge in [0.2, 0.25) is 11.8 Å². The number of likely N-dealkylation sites (tertiary alicyclic amines) is 2. The first-order valence-electron chi connectivity index (χ1n) is 9.28. The smallest absolute Gasteiger partial charge is 0.228 e. The van der Waals surface area contributed by atoms with Crippen LogP contribution >= 0.6 is 0 Å². The lowest BCUT2D eigenvalue weighted by Crippen LogP contribution is -2.44. The number of carbonyl (C=O) groups excluding carboxylic acids is 2. The van der Waals surface area contributed by atoms with E-state index < -0.39 is 0 Å². The van der Waals surface area contributed by atoms with Gasteiger partial charge in [0, 0.05) is 44.5 Å². The van der Waals surface area contributed by atoms with Gasteiger partial charge in [-0.25, -0.2) is 4.98 Å². The lowest BCUT2D eigenvalue weighted by atomic mass is 10.0. The minimum Gasteiger partial charge on any atom is -0.340 e. The van der Waals surface area contributed by atoms with Crippen molar-refractivity contribution in [1.29, 1.82) is 0 Å². The van der Waals surface area contributed by atoms with Crippen molar-refractivity contribution < 1.29 is 9.59 Å². The molecule has 2 amide bonds. The molecule has 1 aromatic rings. The van der Waals surface area contributed by atoms with Crippen LogP contribution in [0.5, 0.6) is 0 Å². The van der Waals surface area contributed by atoms with Crippen LogP contribution in [0.3, 0.4) is 0 Å². The first-order valence-corrected chi connectivity index (χ1v) is 9.28. The predicted octanol–water partition coefficient (Wildman–Crippen LogP) is 1.84. The van der Waals surface area contributed by atoms with E-state index in [1.165, 1.54) is 12.8 Å². The lowest BCUT2D eigenvalue weighted by molar-refractivity contribution is -0.137. The van der Waals surface area contributed by atoms with E-state index in [1.807, 2.05) is 22.3 Å². The molecule has 4 rings (SSSR count). The van der Waals surface area contributed by atoms with E-state index in [9.17, 15) is 9.59 Å². The first kappa shape index (κ1) is 15.7. The largest absolute Gasteiger partial charge is 0.340 e. The van der Waals surface area contributed by atoms with E-state index in [0.717, 1.165) is 38.8 Å². The number of aromatic nitrogens is 2. The van der Waals surface area contributed by atoms with Gasteiger partial charge in [0.05, 0.1) is 18.3 Å². The van der Waals surface area contributed by atoms with E-state index in [2.05, 4.69) is 9.55 Å². The second kappa shape index (κ2) is 6.57. The Morgan fingerprint density at radius 1 is 1.08 bits per heavy atom. The molecule has 0 spiro atoms. The number of imidazole rings is 1. The number of amides is 2. The van der Waals surface area contributed by atoms with E-state index in [0.29, 0.717) is 25.0 Å². The zero-order valence-electron chi connectivity index (χ0n) is 14.1. The molecule has 1 saturated carbocycles. The summed E-state index contributed by atoms with van der Waals surface area (Å²) < 4.78 is 2.10. The highest BCUT2D eigenvalue weighted by molar-refractivity contribution is 5.89. The molecule has 0 radical (unpaired) electrons. The summed E-state index contributed by atoms with van der Waals surface area (Å²) in [5.41, 5.74) is 0. The molecule has 3 fully saturated rings. The number of hydrogen-bond donors (Lipinski definition) is 0. The first-order chi connectivity index (χ1) is 11.7. The molecule has 1 aromatic heterocycles. The molecule has 0 aromatic carbocycles. The van der Waals surface area contributed by atoms with Gasteiger partial charge in [-0.2, -0.15) is 0 Å². The number of carbonyl (C=O) groups is 2. The fraction of sp³-hybridized carbons (Fsp3) is 0.722. The van der Waals surface area contributed by atoms with Crippen molar-refractivity contribution >= 4 is 11.8 Å². The van der Waals surface area contributed by atoms with Crippen LogP contribution in [0.1, 0.15) is 51.0 Å². The topological polar surface area (TPSA) is 58.4 Å². The SMILES string of the molecule is O=C([C@H]1CC(=O)N(C2CCCC2)C1)N1CCC[C@H](n2ccnc2)C1. The van der Waals surface area contributed by atoms with E-state index in [4.69, 9.17) is 0 Å². The average Bonchev–Trinajstić information content (AvgIpc) is 3.35. The third-order valence-corrected chi connectivity index (χ3v) is 5.93. The fourth-order valence-corrected chi connectivity index (χ4v) is 4.61. The van der Waals surface area contributed by atoms with Gasteiger partial charge in [0.1, 0.15) is 0 Å². The maximum absolute atomic E-state index is 12.9. The Kier molecular flexibility index (Phi) is 4.29. The van der Waals surface area contributed by atoms with Crippen molar-refractivity contribution in [2.45, 2.75) is 57.0 Å². The zero-order valence-corrected chi connectivity index (χ0v) is 14.1. The Bertz CT molecular complexity index is 594. The van der Waals surface area contributed by atoms with Gasteiger partial charge in [-0.05, 0) is 25.7 Å². The third kappa shape index (κ3) is 2.94. The molecule has 3 aliphatic rings. The Balaban J connectivity index is 1.39. The van der Waals surface area contributed by atoms with Crippen molar-refractivity contribution in [2.75, 3.05) is 19.6 Å². The van der Waals surface area contributed by atoms with Gasteiger partial charge in [0.25, 0.3) is 0 Å². The molecule has 24 heavy (non-hydrogen) atoms. The standard InChI is InChI=1S/C18H26N4O2/c23-17-10-14(11-22(17)15-4-1-2-5-15)18(24)20-8-3-6-16(12-20)21-9-7-19-13-21/h7,9,13-16H,1-6,8,10-12H2/t14-,16-/m0/s1. The maximum atomic E-state index is 12.9. The summed E-state index contributed by atoms with van der Waals surface area (Å²) in [4.78, 5) is 33.4. The highest BCUT2D eigenvalue weighted by Gasteiger charge is 2.40. The van der Waals surface area contributed by atoms with Crippen molar-refractivity contribution in [2.24, 2.45) is 5.92 Å². The van der Waals surface area contributed by atoms with Gasteiger partial charge in [-0.1, -0.05) is 12.8 Å². The second-order valence-electron chi connectivity index (χ2n) is 7.48. The van der Waals surface area contributed by atoms with Gasteiger partial charge >= 0.3 is 0 Å². The monoisotopic (exact) mass is 330 g/mol. The van der Waals surface area contributed by atoms with Crippen molar-refractivity contribution in [3.05, 3.63) is 18.7 Å². The van der Waals surface area contributed by atoms with Gasteiger partial charge in [0.15, 0.2) is 0 Å². The Hall–Kier alpha value is -1.85. The molecule has 6 nitrogen and oxygen atoms in total. The highest BCUT2D eigenvalue weighted by atomic mass is 16.2. The van der Waals surface area contributed by atoms with E-state index in [1.54, 1.807) is 6.20 Å². The number of rotatable bonds is 3. The Labute approximate surface area is 142 Å². The quantitative estimate of drug-likeness (QED) is 0.850. The van der Waals surface area contributed by atoms with Crippen LogP contribution in [-0.2, 0) is 9.59 Å². The highest BCUT2D eigenvalue weighted by Crippen LogP contribution is 2.31. The minimum atomic E-state index is -0.139. The summed E-state index contributed by atoms with van der Waals surface area (Å²) in [5, 5.41) is 0. The van der Waals surface area contributed by atoms with Crippen LogP contribution in [0.25, 0.3) is 0 Å². The Morgan fingerprint density at radius 2 is 1.88 bits per heavy atom. The fourth-order valence-electron chi connectivity index (χ4n) is 4.61. The maximum Gasteiger partial charge on any atom is 0.228 e. The summed E-state index contributed by atoms with van der Waals surface area (Å²) in [5.74, 6) is 0.219. The molecular weight excluding hydrogens is 304 g/mol. The van der Waals surface area contributed by atoms with Crippen LogP contribution in [0.4, 0.5) is 0 Å². The normalized spacial score (nSPS) is 28.8. The minimum absolute atomic E-state index is 0.139. The summed E-state index contributed by atoms with van der Waals surface area (Å²) in [6.45, 7) is 2.19. The molecule has 2 atom stereocenters. The molecule has 1 aliphatic carbocycles. The van der Waals surface area contributed by atoms with E-state index in [-0.39, 0.29) is 17.7 Å². The number of nitrogens with zero attached hydrogens (tertiary/aromatic N) is 4. The van der Waals surface area contributed by atoms with Crippen LogP contribution < -0.4 is 0 Å².